The molecular weight excluding hydrogens is 626 g/mol. The number of halogens is 1. The van der Waals surface area contributed by atoms with Gasteiger partial charge >= 0.3 is 5.97 Å². The lowest BCUT2D eigenvalue weighted by Crippen LogP contribution is -2.48. The number of Topliss-reactive ketones (excluding diaryl/α,β-unsaturated/α-hetero) is 1. The van der Waals surface area contributed by atoms with Crippen LogP contribution in [-0.2, 0) is 14.3 Å². The van der Waals surface area contributed by atoms with Crippen LogP contribution in [0.2, 0.25) is 0 Å². The molecule has 4 aromatic rings. The van der Waals surface area contributed by atoms with E-state index in [4.69, 9.17) is 9.47 Å². The van der Waals surface area contributed by atoms with Gasteiger partial charge in [-0.15, -0.1) is 22.7 Å². The van der Waals surface area contributed by atoms with Gasteiger partial charge in [-0.1, -0.05) is 26.0 Å². The van der Waals surface area contributed by atoms with Gasteiger partial charge in [0.1, 0.15) is 17.6 Å². The summed E-state index contributed by atoms with van der Waals surface area (Å²) in [5.74, 6) is -1.17. The number of ether oxygens (including phenoxy) is 2. The molecular formula is C35H38FN3O5S2. The third-order valence-corrected chi connectivity index (χ3v) is 9.81. The number of hydrogen-bond acceptors (Lipinski definition) is 9. The summed E-state index contributed by atoms with van der Waals surface area (Å²) >= 11 is 3.07. The molecule has 3 heterocycles. The van der Waals surface area contributed by atoms with Crippen molar-refractivity contribution in [3.05, 3.63) is 81.2 Å². The Bertz CT molecular complexity index is 1750. The monoisotopic (exact) mass is 663 g/mol. The highest BCUT2D eigenvalue weighted by Crippen LogP contribution is 2.46. The van der Waals surface area contributed by atoms with E-state index in [0.717, 1.165) is 26.9 Å². The third-order valence-electron chi connectivity index (χ3n) is 7.89. The fourth-order valence-corrected chi connectivity index (χ4v) is 7.05. The van der Waals surface area contributed by atoms with E-state index in [1.54, 1.807) is 55.5 Å². The van der Waals surface area contributed by atoms with Crippen LogP contribution < -0.4 is 14.5 Å². The van der Waals surface area contributed by atoms with E-state index in [-0.39, 0.29) is 29.9 Å². The highest BCUT2D eigenvalue weighted by molar-refractivity contribution is 7.16. The second kappa shape index (κ2) is 13.8. The molecule has 11 heteroatoms. The van der Waals surface area contributed by atoms with Crippen molar-refractivity contribution in [1.82, 2.24) is 4.98 Å². The molecule has 1 aliphatic heterocycles. The van der Waals surface area contributed by atoms with Crippen LogP contribution in [0, 0.1) is 18.7 Å². The molecule has 0 spiro atoms. The maximum Gasteiger partial charge on any atom is 0.311 e. The third kappa shape index (κ3) is 7.22. The summed E-state index contributed by atoms with van der Waals surface area (Å²) in [6, 6.07) is 14.8. The number of thiophene rings is 1. The van der Waals surface area contributed by atoms with E-state index >= 15 is 0 Å². The zero-order valence-corrected chi connectivity index (χ0v) is 28.5. The Labute approximate surface area is 276 Å². The Hall–Kier alpha value is -3.93. The van der Waals surface area contributed by atoms with Gasteiger partial charge in [-0.3, -0.25) is 19.3 Å². The van der Waals surface area contributed by atoms with Crippen molar-refractivity contribution in [1.29, 1.82) is 0 Å². The Kier molecular flexibility index (Phi) is 10.0. The molecule has 1 atom stereocenters. The van der Waals surface area contributed by atoms with E-state index < -0.39 is 29.5 Å². The lowest BCUT2D eigenvalue weighted by molar-refractivity contribution is -0.144. The molecule has 2 aromatic heterocycles. The Morgan fingerprint density at radius 1 is 1.07 bits per heavy atom. The minimum atomic E-state index is -1.02. The molecule has 46 heavy (non-hydrogen) atoms. The summed E-state index contributed by atoms with van der Waals surface area (Å²) in [4.78, 5) is 50.1. The van der Waals surface area contributed by atoms with Gasteiger partial charge in [-0.05, 0) is 75.6 Å². The van der Waals surface area contributed by atoms with Gasteiger partial charge in [0.05, 0.1) is 38.9 Å². The van der Waals surface area contributed by atoms with Crippen LogP contribution in [0.5, 0.6) is 5.75 Å². The van der Waals surface area contributed by atoms with Gasteiger partial charge in [0.25, 0.3) is 5.91 Å². The summed E-state index contributed by atoms with van der Waals surface area (Å²) in [5, 5.41) is 2.95. The first kappa shape index (κ1) is 33.4. The van der Waals surface area contributed by atoms with Crippen molar-refractivity contribution < 1.29 is 28.2 Å². The van der Waals surface area contributed by atoms with Crippen molar-refractivity contribution in [3.8, 4) is 16.3 Å². The maximum atomic E-state index is 14.4. The van der Waals surface area contributed by atoms with Crippen LogP contribution in [0.1, 0.15) is 73.4 Å². The van der Waals surface area contributed by atoms with Gasteiger partial charge in [0, 0.05) is 30.3 Å². The number of aryl methyl sites for hydroxylation is 1. The zero-order valence-electron chi connectivity index (χ0n) is 26.8. The topological polar surface area (TPSA) is 89.0 Å². The highest BCUT2D eigenvalue weighted by atomic mass is 32.1. The van der Waals surface area contributed by atoms with E-state index in [1.807, 2.05) is 36.4 Å². The number of esters is 1. The molecule has 0 bridgehead atoms. The Morgan fingerprint density at radius 2 is 1.83 bits per heavy atom. The Morgan fingerprint density at radius 3 is 2.54 bits per heavy atom. The maximum absolute atomic E-state index is 14.4. The number of thiazole rings is 1. The minimum Gasteiger partial charge on any atom is -0.424 e. The van der Waals surface area contributed by atoms with Gasteiger partial charge in [0.2, 0.25) is 0 Å². The number of aromatic nitrogens is 1. The molecule has 0 fully saturated rings. The summed E-state index contributed by atoms with van der Waals surface area (Å²) in [6.07, 6.45) is -0.00879. The van der Waals surface area contributed by atoms with Crippen LogP contribution in [0.25, 0.3) is 10.6 Å². The number of benzene rings is 2. The van der Waals surface area contributed by atoms with Crippen LogP contribution in [0.15, 0.2) is 60.0 Å². The molecule has 8 nitrogen and oxygen atoms in total. The standard InChI is InChI=1S/C35H38FN3O5S2/c1-21(2)17-18-43-35(4,5)31(40)15-16-32(41)44-28-10-8-7-9-27(28)39-33(30-14-13-29(46-30)25-20-45-22(3)37-25)38(6)26-12-11-23(36)19-24(26)34(39)42/h7-14,19-21,33H,15-18H2,1-6H3. The SMILES string of the molecule is Cc1nc(-c2ccc(C3N(C)c4ccc(F)cc4C(=O)N3c3ccccc3OC(=O)CCC(=O)C(C)(C)OCCC(C)C)s2)cs1. The molecule has 0 N–H and O–H groups in total. The number of ketones is 1. The van der Waals surface area contributed by atoms with E-state index in [2.05, 4.69) is 18.8 Å². The molecule has 1 unspecified atom stereocenters. The molecule has 0 saturated heterocycles. The van der Waals surface area contributed by atoms with E-state index in [9.17, 15) is 18.8 Å². The summed E-state index contributed by atoms with van der Waals surface area (Å²) < 4.78 is 26.1. The van der Waals surface area contributed by atoms with Crippen molar-refractivity contribution in [2.75, 3.05) is 23.5 Å². The van der Waals surface area contributed by atoms with Crippen LogP contribution in [0.3, 0.4) is 0 Å². The van der Waals surface area contributed by atoms with E-state index in [1.165, 1.54) is 28.4 Å². The van der Waals surface area contributed by atoms with Crippen molar-refractivity contribution in [3.63, 3.8) is 0 Å². The number of para-hydroxylation sites is 2. The summed E-state index contributed by atoms with van der Waals surface area (Å²) in [6.45, 7) is 9.99. The number of carbonyl (C=O) groups excluding carboxylic acids is 3. The van der Waals surface area contributed by atoms with Gasteiger partial charge in [-0.2, -0.15) is 0 Å². The lowest BCUT2D eigenvalue weighted by Gasteiger charge is -2.43. The smallest absolute Gasteiger partial charge is 0.311 e. The van der Waals surface area contributed by atoms with Crippen LogP contribution in [0.4, 0.5) is 15.8 Å². The number of anilines is 2. The number of amides is 1. The summed E-state index contributed by atoms with van der Waals surface area (Å²) in [5.41, 5.74) is 0.950. The predicted molar refractivity (Wildman–Crippen MR) is 180 cm³/mol. The van der Waals surface area contributed by atoms with Gasteiger partial charge in [0.15, 0.2) is 11.5 Å². The number of rotatable bonds is 12. The quantitative estimate of drug-likeness (QED) is 0.112. The van der Waals surface area contributed by atoms with Crippen LogP contribution >= 0.6 is 22.7 Å². The highest BCUT2D eigenvalue weighted by Gasteiger charge is 2.40. The molecule has 242 valence electrons. The molecule has 0 saturated carbocycles. The first-order chi connectivity index (χ1) is 21.9. The second-order valence-electron chi connectivity index (χ2n) is 12.2. The Balaban J connectivity index is 1.43. The van der Waals surface area contributed by atoms with Crippen molar-refractivity contribution >= 4 is 51.7 Å². The average molecular weight is 664 g/mol. The lowest BCUT2D eigenvalue weighted by atomic mass is 9.99. The minimum absolute atomic E-state index is 0.0512. The fourth-order valence-electron chi connectivity index (χ4n) is 5.26. The normalized spacial score (nSPS) is 15.0. The number of hydrogen-bond donors (Lipinski definition) is 0. The van der Waals surface area contributed by atoms with Crippen molar-refractivity contribution in [2.45, 2.75) is 65.6 Å². The molecule has 1 amide bonds. The molecule has 5 rings (SSSR count). The molecule has 0 radical (unpaired) electrons. The van der Waals surface area contributed by atoms with Gasteiger partial charge < -0.3 is 14.4 Å². The van der Waals surface area contributed by atoms with E-state index in [0.29, 0.717) is 23.9 Å². The average Bonchev–Trinajstić information content (AvgIpc) is 3.67. The molecule has 0 aliphatic carbocycles. The molecule has 1 aliphatic rings. The predicted octanol–water partition coefficient (Wildman–Crippen LogP) is 8.21. The first-order valence-electron chi connectivity index (χ1n) is 15.2. The second-order valence-corrected chi connectivity index (χ2v) is 14.4. The molecule has 2 aromatic carbocycles. The largest absolute Gasteiger partial charge is 0.424 e. The van der Waals surface area contributed by atoms with Gasteiger partial charge in [-0.25, -0.2) is 9.37 Å². The number of fused-ring (bicyclic) bond motifs is 1. The summed E-state index contributed by atoms with van der Waals surface area (Å²) in [7, 11) is 1.85. The van der Waals surface area contributed by atoms with Crippen LogP contribution in [-0.4, -0.2) is 41.9 Å². The zero-order chi connectivity index (χ0) is 33.2. The number of nitrogens with zero attached hydrogens (tertiary/aromatic N) is 3. The fraction of sp³-hybridized carbons (Fsp3) is 0.371. The van der Waals surface area contributed by atoms with Crippen molar-refractivity contribution in [2.24, 2.45) is 5.92 Å². The first-order valence-corrected chi connectivity index (χ1v) is 16.9. The number of carbonyl (C=O) groups is 3.